The molecule has 1 amide bonds. The molecule has 1 spiro atoms. The fourth-order valence-electron chi connectivity index (χ4n) is 3.65. The zero-order valence-electron chi connectivity index (χ0n) is 15.1. The van der Waals surface area contributed by atoms with Crippen molar-refractivity contribution in [2.75, 3.05) is 26.3 Å². The second kappa shape index (κ2) is 8.78. The number of halogens is 2. The van der Waals surface area contributed by atoms with Gasteiger partial charge in [-0.2, -0.15) is 0 Å². The van der Waals surface area contributed by atoms with Gasteiger partial charge in [0.2, 0.25) is 5.91 Å². The van der Waals surface area contributed by atoms with Crippen LogP contribution in [0.5, 0.6) is 0 Å². The van der Waals surface area contributed by atoms with Crippen LogP contribution >= 0.6 is 15.9 Å². The SMILES string of the molecule is CCN(CC(=O)NC1CCC2(CC1)OCCO2)Cc1cc(Br)ccc1F. The van der Waals surface area contributed by atoms with Gasteiger partial charge in [-0.25, -0.2) is 4.39 Å². The Hall–Kier alpha value is -1.02. The fourth-order valence-corrected chi connectivity index (χ4v) is 4.06. The predicted octanol–water partition coefficient (Wildman–Crippen LogP) is 3.21. The van der Waals surface area contributed by atoms with E-state index < -0.39 is 5.79 Å². The van der Waals surface area contributed by atoms with E-state index in [1.54, 1.807) is 12.1 Å². The van der Waals surface area contributed by atoms with Crippen molar-refractivity contribution in [3.8, 4) is 0 Å². The van der Waals surface area contributed by atoms with Gasteiger partial charge in [0.1, 0.15) is 5.82 Å². The number of hydrogen-bond donors (Lipinski definition) is 1. The summed E-state index contributed by atoms with van der Waals surface area (Å²) in [7, 11) is 0. The van der Waals surface area contributed by atoms with Gasteiger partial charge in [0.05, 0.1) is 19.8 Å². The Morgan fingerprint density at radius 1 is 1.35 bits per heavy atom. The predicted molar refractivity (Wildman–Crippen MR) is 100 cm³/mol. The molecule has 26 heavy (non-hydrogen) atoms. The Labute approximate surface area is 162 Å². The van der Waals surface area contributed by atoms with Crippen LogP contribution in [0.25, 0.3) is 0 Å². The van der Waals surface area contributed by atoms with E-state index in [2.05, 4.69) is 21.2 Å². The van der Waals surface area contributed by atoms with E-state index in [-0.39, 0.29) is 24.3 Å². The Morgan fingerprint density at radius 2 is 2.04 bits per heavy atom. The second-order valence-corrected chi connectivity index (χ2v) is 7.90. The maximum absolute atomic E-state index is 13.9. The van der Waals surface area contributed by atoms with Gasteiger partial charge < -0.3 is 14.8 Å². The first-order valence-corrected chi connectivity index (χ1v) is 10.0. The molecular weight excluding hydrogens is 403 g/mol. The minimum Gasteiger partial charge on any atom is -0.352 e. The standard InChI is InChI=1S/C19H26BrFN2O3/c1-2-23(12-14-11-15(20)3-4-17(14)21)13-18(24)22-16-5-7-19(8-6-16)25-9-10-26-19/h3-4,11,16H,2,5-10,12-13H2,1H3,(H,22,24). The molecule has 0 radical (unpaired) electrons. The van der Waals surface area contributed by atoms with Crippen molar-refractivity contribution in [3.63, 3.8) is 0 Å². The highest BCUT2D eigenvalue weighted by Crippen LogP contribution is 2.35. The molecule has 2 fully saturated rings. The average molecular weight is 429 g/mol. The fraction of sp³-hybridized carbons (Fsp3) is 0.632. The summed E-state index contributed by atoms with van der Waals surface area (Å²) in [6, 6.07) is 5.04. The van der Waals surface area contributed by atoms with Crippen LogP contribution < -0.4 is 5.32 Å². The molecule has 7 heteroatoms. The largest absolute Gasteiger partial charge is 0.352 e. The van der Waals surface area contributed by atoms with Gasteiger partial charge in [-0.3, -0.25) is 9.69 Å². The number of likely N-dealkylation sites (N-methyl/N-ethyl adjacent to an activating group) is 1. The lowest BCUT2D eigenvalue weighted by Gasteiger charge is -2.35. The molecule has 2 aliphatic rings. The quantitative estimate of drug-likeness (QED) is 0.755. The molecule has 1 aromatic carbocycles. The van der Waals surface area contributed by atoms with Gasteiger partial charge in [0, 0.05) is 35.5 Å². The molecule has 0 bridgehead atoms. The number of ether oxygens (including phenoxy) is 2. The highest BCUT2D eigenvalue weighted by Gasteiger charge is 2.40. The number of benzene rings is 1. The van der Waals surface area contributed by atoms with Crippen molar-refractivity contribution in [1.29, 1.82) is 0 Å². The molecule has 1 saturated heterocycles. The lowest BCUT2D eigenvalue weighted by molar-refractivity contribution is -0.180. The molecular formula is C19H26BrFN2O3. The van der Waals surface area contributed by atoms with E-state index in [1.807, 2.05) is 11.8 Å². The smallest absolute Gasteiger partial charge is 0.234 e. The van der Waals surface area contributed by atoms with Crippen molar-refractivity contribution < 1.29 is 18.7 Å². The third kappa shape index (κ3) is 5.03. The topological polar surface area (TPSA) is 50.8 Å². The summed E-state index contributed by atoms with van der Waals surface area (Å²) < 4.78 is 26.2. The lowest BCUT2D eigenvalue weighted by atomic mass is 9.90. The Kier molecular flexibility index (Phi) is 6.66. The second-order valence-electron chi connectivity index (χ2n) is 6.99. The summed E-state index contributed by atoms with van der Waals surface area (Å²) in [4.78, 5) is 14.4. The first-order chi connectivity index (χ1) is 12.5. The minimum atomic E-state index is -0.408. The van der Waals surface area contributed by atoms with Gasteiger partial charge in [0.25, 0.3) is 0 Å². The number of rotatable bonds is 6. The number of nitrogens with one attached hydrogen (secondary N) is 1. The van der Waals surface area contributed by atoms with E-state index in [4.69, 9.17) is 9.47 Å². The van der Waals surface area contributed by atoms with E-state index >= 15 is 0 Å². The van der Waals surface area contributed by atoms with Crippen molar-refractivity contribution in [3.05, 3.63) is 34.1 Å². The molecule has 0 atom stereocenters. The molecule has 1 aliphatic heterocycles. The van der Waals surface area contributed by atoms with E-state index in [0.717, 1.165) is 30.2 Å². The highest BCUT2D eigenvalue weighted by molar-refractivity contribution is 9.10. The number of hydrogen-bond acceptors (Lipinski definition) is 4. The number of carbonyl (C=O) groups is 1. The average Bonchev–Trinajstić information content (AvgIpc) is 3.08. The molecule has 144 valence electrons. The van der Waals surface area contributed by atoms with Crippen LogP contribution in [0.3, 0.4) is 0 Å². The zero-order valence-corrected chi connectivity index (χ0v) is 16.7. The first kappa shape index (κ1) is 19.7. The molecule has 1 saturated carbocycles. The summed E-state index contributed by atoms with van der Waals surface area (Å²) in [5.74, 6) is -0.674. The van der Waals surface area contributed by atoms with Crippen LogP contribution in [-0.4, -0.2) is 48.9 Å². The Bertz CT molecular complexity index is 627. The van der Waals surface area contributed by atoms with Crippen LogP contribution in [-0.2, 0) is 20.8 Å². The molecule has 1 aliphatic carbocycles. The summed E-state index contributed by atoms with van der Waals surface area (Å²) >= 11 is 3.37. The summed E-state index contributed by atoms with van der Waals surface area (Å²) in [6.07, 6.45) is 3.35. The van der Waals surface area contributed by atoms with Crippen LogP contribution in [0.1, 0.15) is 38.2 Å². The van der Waals surface area contributed by atoms with Crippen molar-refractivity contribution in [1.82, 2.24) is 10.2 Å². The van der Waals surface area contributed by atoms with E-state index in [1.165, 1.54) is 6.07 Å². The zero-order chi connectivity index (χ0) is 18.6. The van der Waals surface area contributed by atoms with Crippen LogP contribution in [0.4, 0.5) is 4.39 Å². The van der Waals surface area contributed by atoms with Crippen LogP contribution in [0, 0.1) is 5.82 Å². The number of amides is 1. The molecule has 5 nitrogen and oxygen atoms in total. The third-order valence-electron chi connectivity index (χ3n) is 5.14. The van der Waals surface area contributed by atoms with E-state index in [9.17, 15) is 9.18 Å². The first-order valence-electron chi connectivity index (χ1n) is 9.23. The normalized spacial score (nSPS) is 20.0. The van der Waals surface area contributed by atoms with Crippen molar-refractivity contribution in [2.24, 2.45) is 0 Å². The minimum absolute atomic E-state index is 0.0172. The van der Waals surface area contributed by atoms with Crippen molar-refractivity contribution in [2.45, 2.75) is 51.0 Å². The molecule has 1 N–H and O–H groups in total. The summed E-state index contributed by atoms with van der Waals surface area (Å²) in [5, 5.41) is 3.11. The molecule has 0 aromatic heterocycles. The lowest BCUT2D eigenvalue weighted by Crippen LogP contribution is -2.46. The monoisotopic (exact) mass is 428 g/mol. The Balaban J connectivity index is 1.48. The molecule has 1 aromatic rings. The maximum Gasteiger partial charge on any atom is 0.234 e. The van der Waals surface area contributed by atoms with Crippen LogP contribution in [0.15, 0.2) is 22.7 Å². The van der Waals surface area contributed by atoms with Gasteiger partial charge in [-0.05, 0) is 37.6 Å². The maximum atomic E-state index is 13.9. The van der Waals surface area contributed by atoms with E-state index in [0.29, 0.717) is 31.9 Å². The number of carbonyl (C=O) groups excluding carboxylic acids is 1. The van der Waals surface area contributed by atoms with Crippen molar-refractivity contribution >= 4 is 21.8 Å². The molecule has 1 heterocycles. The summed E-state index contributed by atoms with van der Waals surface area (Å²) in [6.45, 7) is 4.64. The summed E-state index contributed by atoms with van der Waals surface area (Å²) in [5.41, 5.74) is 0.587. The van der Waals surface area contributed by atoms with Gasteiger partial charge in [0.15, 0.2) is 5.79 Å². The number of nitrogens with zero attached hydrogens (tertiary/aromatic N) is 1. The highest BCUT2D eigenvalue weighted by atomic mass is 79.9. The van der Waals surface area contributed by atoms with Crippen LogP contribution in [0.2, 0.25) is 0 Å². The van der Waals surface area contributed by atoms with Gasteiger partial charge in [-0.15, -0.1) is 0 Å². The van der Waals surface area contributed by atoms with Gasteiger partial charge >= 0.3 is 0 Å². The van der Waals surface area contributed by atoms with Gasteiger partial charge in [-0.1, -0.05) is 22.9 Å². The molecule has 0 unspecified atom stereocenters. The Morgan fingerprint density at radius 3 is 2.69 bits per heavy atom. The third-order valence-corrected chi connectivity index (χ3v) is 5.64. The molecule has 3 rings (SSSR count).